The summed E-state index contributed by atoms with van der Waals surface area (Å²) in [6, 6.07) is 5.95. The van der Waals surface area contributed by atoms with E-state index < -0.39 is 16.4 Å². The number of rotatable bonds is 3. The molecule has 1 N–H and O–H groups in total. The monoisotopic (exact) mass is 289 g/mol. The average molecular weight is 289 g/mol. The van der Waals surface area contributed by atoms with E-state index in [4.69, 9.17) is 5.26 Å². The predicted molar refractivity (Wildman–Crippen MR) is 75.0 cm³/mol. The summed E-state index contributed by atoms with van der Waals surface area (Å²) in [6.07, 6.45) is 1.93. The summed E-state index contributed by atoms with van der Waals surface area (Å²) in [6.45, 7) is 1.98. The number of nitrogens with zero attached hydrogens (tertiary/aromatic N) is 3. The predicted octanol–water partition coefficient (Wildman–Crippen LogP) is 2.30. The van der Waals surface area contributed by atoms with Crippen molar-refractivity contribution in [2.45, 2.75) is 31.7 Å². The van der Waals surface area contributed by atoms with Gasteiger partial charge in [0.25, 0.3) is 5.69 Å². The number of hydrogen-bond donors (Lipinski definition) is 1. The maximum absolute atomic E-state index is 11.6. The van der Waals surface area contributed by atoms with E-state index in [9.17, 15) is 20.0 Å². The van der Waals surface area contributed by atoms with Gasteiger partial charge in [-0.25, -0.2) is 4.79 Å². The van der Waals surface area contributed by atoms with Crippen molar-refractivity contribution in [3.63, 3.8) is 0 Å². The molecule has 110 valence electrons. The number of carbonyl (C=O) groups is 1. The van der Waals surface area contributed by atoms with E-state index in [0.717, 1.165) is 12.8 Å². The van der Waals surface area contributed by atoms with Crippen LogP contribution in [0.4, 0.5) is 11.4 Å². The molecule has 0 bridgehead atoms. The number of piperidine rings is 1. The number of nitro benzene ring substituents is 1. The van der Waals surface area contributed by atoms with Gasteiger partial charge in [-0.1, -0.05) is 0 Å². The number of benzene rings is 1. The first-order chi connectivity index (χ1) is 9.90. The summed E-state index contributed by atoms with van der Waals surface area (Å²) in [4.78, 5) is 23.8. The second kappa shape index (κ2) is 5.40. The van der Waals surface area contributed by atoms with Crippen LogP contribution in [0.15, 0.2) is 18.2 Å². The molecule has 1 aromatic carbocycles. The van der Waals surface area contributed by atoms with Crippen LogP contribution in [0.2, 0.25) is 0 Å². The highest BCUT2D eigenvalue weighted by atomic mass is 16.6. The Kier molecular flexibility index (Phi) is 3.80. The van der Waals surface area contributed by atoms with Crippen molar-refractivity contribution in [3.8, 4) is 6.07 Å². The molecule has 7 nitrogen and oxygen atoms in total. The number of anilines is 1. The van der Waals surface area contributed by atoms with Gasteiger partial charge in [0.2, 0.25) is 0 Å². The molecule has 1 saturated heterocycles. The zero-order chi connectivity index (χ0) is 15.6. The Morgan fingerprint density at radius 3 is 2.81 bits per heavy atom. The fourth-order valence-corrected chi connectivity index (χ4v) is 2.69. The highest BCUT2D eigenvalue weighted by Crippen LogP contribution is 2.38. The quantitative estimate of drug-likeness (QED) is 0.675. The Labute approximate surface area is 121 Å². The van der Waals surface area contributed by atoms with Crippen molar-refractivity contribution in [2.24, 2.45) is 0 Å². The van der Waals surface area contributed by atoms with Gasteiger partial charge in [-0.15, -0.1) is 0 Å². The Balaban J connectivity index is 2.60. The van der Waals surface area contributed by atoms with Crippen molar-refractivity contribution in [1.82, 2.24) is 0 Å². The van der Waals surface area contributed by atoms with Gasteiger partial charge >= 0.3 is 5.97 Å². The molecule has 0 amide bonds. The van der Waals surface area contributed by atoms with Crippen LogP contribution in [0.5, 0.6) is 0 Å². The Morgan fingerprint density at radius 2 is 2.24 bits per heavy atom. The highest BCUT2D eigenvalue weighted by Gasteiger charge is 2.43. The van der Waals surface area contributed by atoms with Crippen LogP contribution in [-0.2, 0) is 4.79 Å². The maximum Gasteiger partial charge on any atom is 0.329 e. The van der Waals surface area contributed by atoms with Crippen LogP contribution >= 0.6 is 0 Å². The van der Waals surface area contributed by atoms with Crippen molar-refractivity contribution >= 4 is 17.3 Å². The van der Waals surface area contributed by atoms with Crippen molar-refractivity contribution < 1.29 is 14.8 Å². The van der Waals surface area contributed by atoms with Crippen molar-refractivity contribution in [2.75, 3.05) is 11.4 Å². The summed E-state index contributed by atoms with van der Waals surface area (Å²) in [5.74, 6) is -1.01. The number of nitro groups is 1. The van der Waals surface area contributed by atoms with E-state index >= 15 is 0 Å². The maximum atomic E-state index is 11.6. The Morgan fingerprint density at radius 1 is 1.52 bits per heavy atom. The molecule has 2 rings (SSSR count). The summed E-state index contributed by atoms with van der Waals surface area (Å²) >= 11 is 0. The van der Waals surface area contributed by atoms with Gasteiger partial charge < -0.3 is 10.0 Å². The standard InChI is InChI=1S/C14H15N3O4/c1-14(13(18)19)6-2-3-7-16(14)12-8-10(9-15)4-5-11(12)17(20)21/h4-5,8H,2-3,6-7H2,1H3,(H,18,19). The number of hydrogen-bond acceptors (Lipinski definition) is 5. The first-order valence-electron chi connectivity index (χ1n) is 6.60. The molecular formula is C14H15N3O4. The molecule has 0 radical (unpaired) electrons. The second-order valence-electron chi connectivity index (χ2n) is 5.26. The van der Waals surface area contributed by atoms with Crippen LogP contribution in [0.1, 0.15) is 31.7 Å². The average Bonchev–Trinajstić information content (AvgIpc) is 2.46. The van der Waals surface area contributed by atoms with E-state index in [1.165, 1.54) is 23.1 Å². The van der Waals surface area contributed by atoms with Gasteiger partial charge in [0.05, 0.1) is 16.6 Å². The van der Waals surface area contributed by atoms with E-state index in [2.05, 4.69) is 0 Å². The van der Waals surface area contributed by atoms with Crippen LogP contribution in [0.25, 0.3) is 0 Å². The summed E-state index contributed by atoms with van der Waals surface area (Å²) in [5, 5.41) is 29.7. The van der Waals surface area contributed by atoms with Gasteiger partial charge in [0.15, 0.2) is 0 Å². The van der Waals surface area contributed by atoms with Gasteiger partial charge in [-0.05, 0) is 38.3 Å². The third kappa shape index (κ3) is 2.52. The smallest absolute Gasteiger partial charge is 0.329 e. The molecule has 0 spiro atoms. The van der Waals surface area contributed by atoms with E-state index in [1.807, 2.05) is 6.07 Å². The second-order valence-corrected chi connectivity index (χ2v) is 5.26. The molecule has 0 saturated carbocycles. The van der Waals surface area contributed by atoms with E-state index in [0.29, 0.717) is 13.0 Å². The molecule has 1 heterocycles. The first kappa shape index (κ1) is 14.8. The molecule has 1 unspecified atom stereocenters. The van der Waals surface area contributed by atoms with Gasteiger partial charge in [-0.2, -0.15) is 5.26 Å². The summed E-state index contributed by atoms with van der Waals surface area (Å²) in [7, 11) is 0. The SMILES string of the molecule is CC1(C(=O)O)CCCCN1c1cc(C#N)ccc1[N+](=O)[O-]. The number of aliphatic carboxylic acids is 1. The van der Waals surface area contributed by atoms with Crippen LogP contribution in [0.3, 0.4) is 0 Å². The Bertz CT molecular complexity index is 638. The first-order valence-corrected chi connectivity index (χ1v) is 6.60. The summed E-state index contributed by atoms with van der Waals surface area (Å²) in [5.41, 5.74) is -0.905. The topological polar surface area (TPSA) is 107 Å². The lowest BCUT2D eigenvalue weighted by Gasteiger charge is -2.42. The third-order valence-electron chi connectivity index (χ3n) is 3.94. The number of carboxylic acids is 1. The molecular weight excluding hydrogens is 274 g/mol. The lowest BCUT2D eigenvalue weighted by Crippen LogP contribution is -2.55. The van der Waals surface area contributed by atoms with Gasteiger partial charge in [0, 0.05) is 12.6 Å². The molecule has 1 atom stereocenters. The molecule has 1 fully saturated rings. The lowest BCUT2D eigenvalue weighted by atomic mass is 9.87. The van der Waals surface area contributed by atoms with Crippen LogP contribution < -0.4 is 4.90 Å². The molecule has 0 aromatic heterocycles. The minimum absolute atomic E-state index is 0.177. The fourth-order valence-electron chi connectivity index (χ4n) is 2.69. The Hall–Kier alpha value is -2.62. The highest BCUT2D eigenvalue weighted by molar-refractivity contribution is 5.85. The van der Waals surface area contributed by atoms with Crippen molar-refractivity contribution in [1.29, 1.82) is 5.26 Å². The normalized spacial score (nSPS) is 21.6. The van der Waals surface area contributed by atoms with Gasteiger partial charge in [-0.3, -0.25) is 10.1 Å². The minimum Gasteiger partial charge on any atom is -0.480 e. The molecule has 7 heteroatoms. The van der Waals surface area contributed by atoms with Crippen LogP contribution in [-0.4, -0.2) is 28.1 Å². The molecule has 1 aliphatic heterocycles. The molecule has 21 heavy (non-hydrogen) atoms. The van der Waals surface area contributed by atoms with E-state index in [1.54, 1.807) is 6.92 Å². The largest absolute Gasteiger partial charge is 0.480 e. The zero-order valence-corrected chi connectivity index (χ0v) is 11.6. The number of nitriles is 1. The fraction of sp³-hybridized carbons (Fsp3) is 0.429. The lowest BCUT2D eigenvalue weighted by molar-refractivity contribution is -0.384. The van der Waals surface area contributed by atoms with E-state index in [-0.39, 0.29) is 16.9 Å². The molecule has 0 aliphatic carbocycles. The third-order valence-corrected chi connectivity index (χ3v) is 3.94. The molecule has 1 aliphatic rings. The van der Waals surface area contributed by atoms with Gasteiger partial charge in [0.1, 0.15) is 11.2 Å². The van der Waals surface area contributed by atoms with Crippen molar-refractivity contribution in [3.05, 3.63) is 33.9 Å². The summed E-state index contributed by atoms with van der Waals surface area (Å²) < 4.78 is 0. The zero-order valence-electron chi connectivity index (χ0n) is 11.6. The molecule has 1 aromatic rings. The number of carboxylic acid groups (broad SMARTS) is 1. The van der Waals surface area contributed by atoms with Crippen LogP contribution in [0, 0.1) is 21.4 Å². The minimum atomic E-state index is -1.20.